The van der Waals surface area contributed by atoms with Gasteiger partial charge in [0, 0.05) is 23.2 Å². The van der Waals surface area contributed by atoms with Gasteiger partial charge in [0.15, 0.2) is 5.69 Å². The van der Waals surface area contributed by atoms with Crippen molar-refractivity contribution in [2.24, 2.45) is 0 Å². The summed E-state index contributed by atoms with van der Waals surface area (Å²) in [6.07, 6.45) is 6.80. The van der Waals surface area contributed by atoms with Crippen molar-refractivity contribution >= 4 is 17.3 Å². The normalized spacial score (nSPS) is 17.1. The van der Waals surface area contributed by atoms with E-state index in [0.717, 1.165) is 29.8 Å². The minimum atomic E-state index is -0.960. The van der Waals surface area contributed by atoms with E-state index in [2.05, 4.69) is 9.97 Å². The second-order valence-electron chi connectivity index (χ2n) is 4.52. The minimum Gasteiger partial charge on any atom is -0.476 e. The number of carboxylic acid groups (broad SMARTS) is 1. The van der Waals surface area contributed by atoms with Gasteiger partial charge in [-0.2, -0.15) is 0 Å². The summed E-state index contributed by atoms with van der Waals surface area (Å²) in [5.41, 5.74) is 1.18. The van der Waals surface area contributed by atoms with Gasteiger partial charge in [-0.05, 0) is 24.5 Å². The first-order chi connectivity index (χ1) is 8.72. The summed E-state index contributed by atoms with van der Waals surface area (Å²) in [5, 5.41) is 11.5. The molecular weight excluding hydrogens is 248 g/mol. The first kappa shape index (κ1) is 11.3. The predicted molar refractivity (Wildman–Crippen MR) is 67.9 cm³/mol. The Morgan fingerprint density at radius 2 is 2.28 bits per heavy atom. The molecule has 0 aliphatic heterocycles. The van der Waals surface area contributed by atoms with Crippen LogP contribution in [0.15, 0.2) is 29.9 Å². The van der Waals surface area contributed by atoms with Crippen molar-refractivity contribution in [3.63, 3.8) is 0 Å². The lowest BCUT2D eigenvalue weighted by molar-refractivity contribution is 0.0691. The third kappa shape index (κ3) is 1.62. The van der Waals surface area contributed by atoms with Crippen LogP contribution in [0, 0.1) is 0 Å². The van der Waals surface area contributed by atoms with Crippen LogP contribution in [0.5, 0.6) is 0 Å². The van der Waals surface area contributed by atoms with E-state index in [4.69, 9.17) is 5.11 Å². The van der Waals surface area contributed by atoms with Crippen molar-refractivity contribution in [1.29, 1.82) is 0 Å². The molecule has 1 aliphatic carbocycles. The van der Waals surface area contributed by atoms with Crippen LogP contribution in [-0.4, -0.2) is 21.0 Å². The Labute approximate surface area is 108 Å². The molecule has 3 rings (SSSR count). The Morgan fingerprint density at radius 1 is 1.44 bits per heavy atom. The number of nitrogens with zero attached hydrogens (tertiary/aromatic N) is 2. The Kier molecular flexibility index (Phi) is 2.63. The highest BCUT2D eigenvalue weighted by Gasteiger charge is 2.43. The molecule has 0 amide bonds. The molecule has 2 heterocycles. The summed E-state index contributed by atoms with van der Waals surface area (Å²) in [7, 11) is 0. The van der Waals surface area contributed by atoms with E-state index in [0.29, 0.717) is 0 Å². The third-order valence-corrected chi connectivity index (χ3v) is 4.60. The fraction of sp³-hybridized carbons (Fsp3) is 0.308. The monoisotopic (exact) mass is 260 g/mol. The van der Waals surface area contributed by atoms with E-state index < -0.39 is 5.97 Å². The fourth-order valence-electron chi connectivity index (χ4n) is 2.39. The van der Waals surface area contributed by atoms with Crippen molar-refractivity contribution in [3.05, 3.63) is 46.2 Å². The van der Waals surface area contributed by atoms with Gasteiger partial charge in [0.1, 0.15) is 5.01 Å². The molecular formula is C13H12N2O2S. The van der Waals surface area contributed by atoms with E-state index >= 15 is 0 Å². The van der Waals surface area contributed by atoms with Gasteiger partial charge in [-0.1, -0.05) is 12.5 Å². The summed E-state index contributed by atoms with van der Waals surface area (Å²) in [5.74, 6) is -0.960. The van der Waals surface area contributed by atoms with E-state index in [-0.39, 0.29) is 11.1 Å². The minimum absolute atomic E-state index is 0.105. The highest BCUT2D eigenvalue weighted by atomic mass is 32.1. The second-order valence-corrected chi connectivity index (χ2v) is 5.38. The number of aromatic nitrogens is 2. The Bertz CT molecular complexity index is 576. The van der Waals surface area contributed by atoms with Gasteiger partial charge in [-0.3, -0.25) is 4.98 Å². The maximum Gasteiger partial charge on any atom is 0.355 e. The topological polar surface area (TPSA) is 63.1 Å². The Morgan fingerprint density at radius 3 is 2.78 bits per heavy atom. The van der Waals surface area contributed by atoms with E-state index in [1.807, 2.05) is 18.3 Å². The molecule has 0 unspecified atom stereocenters. The molecule has 0 aromatic carbocycles. The van der Waals surface area contributed by atoms with Crippen molar-refractivity contribution in [2.75, 3.05) is 0 Å². The molecule has 4 nitrogen and oxygen atoms in total. The second kappa shape index (κ2) is 4.17. The quantitative estimate of drug-likeness (QED) is 0.921. The van der Waals surface area contributed by atoms with E-state index in [1.54, 1.807) is 11.6 Å². The van der Waals surface area contributed by atoms with Crippen molar-refractivity contribution in [1.82, 2.24) is 9.97 Å². The van der Waals surface area contributed by atoms with Crippen LogP contribution < -0.4 is 0 Å². The Balaban J connectivity index is 2.04. The molecule has 1 N–H and O–H groups in total. The average molecular weight is 260 g/mol. The molecule has 0 spiro atoms. The summed E-state index contributed by atoms with van der Waals surface area (Å²) >= 11 is 1.44. The van der Waals surface area contributed by atoms with Crippen LogP contribution in [0.1, 0.15) is 40.3 Å². The van der Waals surface area contributed by atoms with Crippen molar-refractivity contribution in [2.45, 2.75) is 24.7 Å². The zero-order valence-electron chi connectivity index (χ0n) is 9.67. The SMILES string of the molecule is O=C(O)c1csc(C2(c3cccnc3)CCC2)n1. The van der Waals surface area contributed by atoms with Crippen LogP contribution in [0.3, 0.4) is 0 Å². The van der Waals surface area contributed by atoms with Crippen LogP contribution in [0.2, 0.25) is 0 Å². The maximum absolute atomic E-state index is 10.9. The number of pyridine rings is 1. The molecule has 92 valence electrons. The highest BCUT2D eigenvalue weighted by molar-refractivity contribution is 7.10. The summed E-state index contributed by atoms with van der Waals surface area (Å²) in [6.45, 7) is 0. The van der Waals surface area contributed by atoms with Crippen LogP contribution >= 0.6 is 11.3 Å². The zero-order chi connectivity index (χ0) is 12.6. The standard InChI is InChI=1S/C13H12N2O2S/c16-11(17)10-8-18-12(15-10)13(4-2-5-13)9-3-1-6-14-7-9/h1,3,6-8H,2,4-5H2,(H,16,17). The van der Waals surface area contributed by atoms with Crippen LogP contribution in [0.25, 0.3) is 0 Å². The number of carbonyl (C=O) groups is 1. The molecule has 5 heteroatoms. The number of hydrogen-bond acceptors (Lipinski definition) is 4. The zero-order valence-corrected chi connectivity index (χ0v) is 10.5. The first-order valence-electron chi connectivity index (χ1n) is 5.82. The van der Waals surface area contributed by atoms with Gasteiger partial charge < -0.3 is 5.11 Å². The number of aromatic carboxylic acids is 1. The van der Waals surface area contributed by atoms with Gasteiger partial charge in [-0.25, -0.2) is 9.78 Å². The lowest BCUT2D eigenvalue weighted by atomic mass is 9.65. The van der Waals surface area contributed by atoms with Gasteiger partial charge in [0.2, 0.25) is 0 Å². The molecule has 2 aromatic heterocycles. The summed E-state index contributed by atoms with van der Waals surface area (Å²) in [6, 6.07) is 3.97. The molecule has 0 bridgehead atoms. The lowest BCUT2D eigenvalue weighted by Crippen LogP contribution is -2.35. The number of rotatable bonds is 3. The molecule has 0 atom stereocenters. The third-order valence-electron chi connectivity index (χ3n) is 3.55. The fourth-order valence-corrected chi connectivity index (χ4v) is 3.47. The van der Waals surface area contributed by atoms with Crippen LogP contribution in [0.4, 0.5) is 0 Å². The van der Waals surface area contributed by atoms with Crippen molar-refractivity contribution < 1.29 is 9.90 Å². The highest BCUT2D eigenvalue weighted by Crippen LogP contribution is 2.49. The Hall–Kier alpha value is -1.75. The van der Waals surface area contributed by atoms with Gasteiger partial charge >= 0.3 is 5.97 Å². The van der Waals surface area contributed by atoms with Crippen LogP contribution in [-0.2, 0) is 5.41 Å². The maximum atomic E-state index is 10.9. The van der Waals surface area contributed by atoms with Gasteiger partial charge in [0.05, 0.1) is 0 Å². The first-order valence-corrected chi connectivity index (χ1v) is 6.70. The summed E-state index contributed by atoms with van der Waals surface area (Å²) < 4.78 is 0. The number of thiazole rings is 1. The van der Waals surface area contributed by atoms with E-state index in [1.165, 1.54) is 11.3 Å². The lowest BCUT2D eigenvalue weighted by Gasteiger charge is -2.40. The van der Waals surface area contributed by atoms with E-state index in [9.17, 15) is 4.79 Å². The number of hydrogen-bond donors (Lipinski definition) is 1. The molecule has 0 radical (unpaired) electrons. The molecule has 1 saturated carbocycles. The predicted octanol–water partition coefficient (Wildman–Crippen LogP) is 2.71. The molecule has 1 fully saturated rings. The average Bonchev–Trinajstić information content (AvgIpc) is 2.79. The van der Waals surface area contributed by atoms with Crippen molar-refractivity contribution in [3.8, 4) is 0 Å². The smallest absolute Gasteiger partial charge is 0.355 e. The van der Waals surface area contributed by atoms with Gasteiger partial charge in [-0.15, -0.1) is 11.3 Å². The molecule has 0 saturated heterocycles. The summed E-state index contributed by atoms with van der Waals surface area (Å²) in [4.78, 5) is 19.3. The molecule has 2 aromatic rings. The molecule has 18 heavy (non-hydrogen) atoms. The number of carboxylic acids is 1. The van der Waals surface area contributed by atoms with Gasteiger partial charge in [0.25, 0.3) is 0 Å². The molecule has 1 aliphatic rings. The largest absolute Gasteiger partial charge is 0.476 e.